The fourth-order valence-electron chi connectivity index (χ4n) is 1.98. The largest absolute Gasteiger partial charge is 0.343 e. The number of halogens is 1. The van der Waals surface area contributed by atoms with Crippen LogP contribution in [0.2, 0.25) is 5.02 Å². The zero-order valence-corrected chi connectivity index (χ0v) is 9.93. The van der Waals surface area contributed by atoms with Gasteiger partial charge < -0.3 is 4.57 Å². The highest BCUT2D eigenvalue weighted by atomic mass is 35.5. The van der Waals surface area contributed by atoms with Crippen molar-refractivity contribution in [3.8, 4) is 0 Å². The van der Waals surface area contributed by atoms with Gasteiger partial charge in [-0.25, -0.2) is 0 Å². The van der Waals surface area contributed by atoms with E-state index in [1.807, 2.05) is 42.7 Å². The van der Waals surface area contributed by atoms with Gasteiger partial charge in [0.05, 0.1) is 0 Å². The van der Waals surface area contributed by atoms with Crippen molar-refractivity contribution >= 4 is 22.5 Å². The molecule has 0 radical (unpaired) electrons. The third-order valence-electron chi connectivity index (χ3n) is 2.84. The molecule has 0 saturated carbocycles. The summed E-state index contributed by atoms with van der Waals surface area (Å²) in [6.07, 6.45) is 5.71. The quantitative estimate of drug-likeness (QED) is 0.669. The molecule has 0 amide bonds. The Labute approximate surface area is 104 Å². The molecule has 0 aliphatic rings. The Bertz CT molecular complexity index is 644. The van der Waals surface area contributed by atoms with Crippen molar-refractivity contribution in [1.29, 1.82) is 0 Å². The van der Waals surface area contributed by atoms with Crippen molar-refractivity contribution in [2.24, 2.45) is 0 Å². The second kappa shape index (κ2) is 4.22. The van der Waals surface area contributed by atoms with Gasteiger partial charge in [-0.2, -0.15) is 0 Å². The summed E-state index contributed by atoms with van der Waals surface area (Å²) in [5.74, 6) is 0. The van der Waals surface area contributed by atoms with Crippen LogP contribution in [0.4, 0.5) is 0 Å². The number of hydrogen-bond donors (Lipinski definition) is 0. The third-order valence-corrected chi connectivity index (χ3v) is 3.07. The summed E-state index contributed by atoms with van der Waals surface area (Å²) in [6.45, 7) is 0.840. The Morgan fingerprint density at radius 1 is 1.06 bits per heavy atom. The summed E-state index contributed by atoms with van der Waals surface area (Å²) in [7, 11) is 0. The first-order valence-corrected chi connectivity index (χ1v) is 5.84. The van der Waals surface area contributed by atoms with Crippen molar-refractivity contribution < 1.29 is 0 Å². The molecule has 0 spiro atoms. The van der Waals surface area contributed by atoms with Crippen LogP contribution in [0.5, 0.6) is 0 Å². The molecule has 1 aromatic carbocycles. The summed E-state index contributed by atoms with van der Waals surface area (Å²) in [5.41, 5.74) is 2.40. The van der Waals surface area contributed by atoms with Gasteiger partial charge in [-0.05, 0) is 41.3 Å². The first-order valence-electron chi connectivity index (χ1n) is 5.46. The van der Waals surface area contributed by atoms with Gasteiger partial charge in [0.25, 0.3) is 0 Å². The average Bonchev–Trinajstić information content (AvgIpc) is 2.73. The Kier molecular flexibility index (Phi) is 2.57. The van der Waals surface area contributed by atoms with Gasteiger partial charge in [0.15, 0.2) is 0 Å². The van der Waals surface area contributed by atoms with E-state index < -0.39 is 0 Å². The van der Waals surface area contributed by atoms with Gasteiger partial charge in [-0.15, -0.1) is 0 Å². The minimum Gasteiger partial charge on any atom is -0.343 e. The topological polar surface area (TPSA) is 17.8 Å². The molecule has 0 bridgehead atoms. The van der Waals surface area contributed by atoms with E-state index in [1.54, 1.807) is 0 Å². The van der Waals surface area contributed by atoms with Crippen LogP contribution >= 0.6 is 11.6 Å². The highest BCUT2D eigenvalue weighted by molar-refractivity contribution is 6.31. The lowest BCUT2D eigenvalue weighted by atomic mass is 10.2. The van der Waals surface area contributed by atoms with Crippen LogP contribution in [0.15, 0.2) is 55.0 Å². The number of fused-ring (bicyclic) bond motifs is 1. The molecule has 0 saturated heterocycles. The predicted molar refractivity (Wildman–Crippen MR) is 70.3 cm³/mol. The van der Waals surface area contributed by atoms with Gasteiger partial charge in [0.2, 0.25) is 0 Å². The van der Waals surface area contributed by atoms with Crippen molar-refractivity contribution in [3.05, 3.63) is 65.6 Å². The number of pyridine rings is 1. The Balaban J connectivity index is 2.03. The molecule has 0 N–H and O–H groups in total. The van der Waals surface area contributed by atoms with Crippen LogP contribution in [-0.4, -0.2) is 9.55 Å². The zero-order chi connectivity index (χ0) is 11.7. The fourth-order valence-corrected chi connectivity index (χ4v) is 2.15. The zero-order valence-electron chi connectivity index (χ0n) is 9.18. The molecule has 84 valence electrons. The third kappa shape index (κ3) is 2.04. The number of hydrogen-bond acceptors (Lipinski definition) is 1. The van der Waals surface area contributed by atoms with Gasteiger partial charge in [-0.1, -0.05) is 17.7 Å². The lowest BCUT2D eigenvalue weighted by molar-refractivity contribution is 0.835. The van der Waals surface area contributed by atoms with E-state index in [9.17, 15) is 0 Å². The molecular formula is C14H11ClN2. The summed E-state index contributed by atoms with van der Waals surface area (Å²) in [4.78, 5) is 4.02. The van der Waals surface area contributed by atoms with E-state index in [0.717, 1.165) is 17.1 Å². The molecule has 0 aliphatic heterocycles. The van der Waals surface area contributed by atoms with Crippen molar-refractivity contribution in [3.63, 3.8) is 0 Å². The number of nitrogens with zero attached hydrogens (tertiary/aromatic N) is 2. The fraction of sp³-hybridized carbons (Fsp3) is 0.0714. The van der Waals surface area contributed by atoms with E-state index in [4.69, 9.17) is 11.6 Å². The van der Waals surface area contributed by atoms with Crippen LogP contribution in [-0.2, 0) is 6.54 Å². The second-order valence-corrected chi connectivity index (χ2v) is 4.44. The smallest absolute Gasteiger partial charge is 0.0498 e. The molecule has 3 heteroatoms. The SMILES string of the molecule is Clc1ccc2ccn(Cc3ccncc3)c2c1. The molecule has 17 heavy (non-hydrogen) atoms. The molecule has 3 rings (SSSR count). The second-order valence-electron chi connectivity index (χ2n) is 4.00. The molecule has 3 aromatic rings. The Hall–Kier alpha value is -1.80. The lowest BCUT2D eigenvalue weighted by Gasteiger charge is -2.05. The molecule has 0 atom stereocenters. The van der Waals surface area contributed by atoms with E-state index in [2.05, 4.69) is 21.8 Å². The summed E-state index contributed by atoms with van der Waals surface area (Å²) >= 11 is 6.03. The van der Waals surface area contributed by atoms with Gasteiger partial charge >= 0.3 is 0 Å². The van der Waals surface area contributed by atoms with Crippen LogP contribution in [0.1, 0.15) is 5.56 Å². The maximum absolute atomic E-state index is 6.03. The molecule has 0 aliphatic carbocycles. The van der Waals surface area contributed by atoms with Crippen LogP contribution in [0, 0.1) is 0 Å². The lowest BCUT2D eigenvalue weighted by Crippen LogP contribution is -1.97. The highest BCUT2D eigenvalue weighted by Crippen LogP contribution is 2.21. The maximum Gasteiger partial charge on any atom is 0.0498 e. The molecule has 2 nitrogen and oxygen atoms in total. The van der Waals surface area contributed by atoms with E-state index in [0.29, 0.717) is 0 Å². The predicted octanol–water partition coefficient (Wildman–Crippen LogP) is 3.74. The van der Waals surface area contributed by atoms with E-state index in [1.165, 1.54) is 10.9 Å². The number of aromatic nitrogens is 2. The number of rotatable bonds is 2. The van der Waals surface area contributed by atoms with Crippen molar-refractivity contribution in [1.82, 2.24) is 9.55 Å². The Morgan fingerprint density at radius 2 is 1.88 bits per heavy atom. The molecular weight excluding hydrogens is 232 g/mol. The van der Waals surface area contributed by atoms with Crippen LogP contribution < -0.4 is 0 Å². The minimum atomic E-state index is 0.771. The maximum atomic E-state index is 6.03. The normalized spacial score (nSPS) is 10.9. The number of benzene rings is 1. The average molecular weight is 243 g/mol. The standard InChI is InChI=1S/C14H11ClN2/c15-13-2-1-12-5-8-17(14(12)9-13)10-11-3-6-16-7-4-11/h1-9H,10H2. The summed E-state index contributed by atoms with van der Waals surface area (Å²) in [6, 6.07) is 12.1. The van der Waals surface area contributed by atoms with Gasteiger partial charge in [0.1, 0.15) is 0 Å². The monoisotopic (exact) mass is 242 g/mol. The highest BCUT2D eigenvalue weighted by Gasteiger charge is 2.02. The van der Waals surface area contributed by atoms with Gasteiger partial charge in [0, 0.05) is 35.7 Å². The Morgan fingerprint density at radius 3 is 2.71 bits per heavy atom. The van der Waals surface area contributed by atoms with Crippen molar-refractivity contribution in [2.45, 2.75) is 6.54 Å². The van der Waals surface area contributed by atoms with Crippen molar-refractivity contribution in [2.75, 3.05) is 0 Å². The molecule has 2 heterocycles. The minimum absolute atomic E-state index is 0.771. The molecule has 0 unspecified atom stereocenters. The van der Waals surface area contributed by atoms with Crippen LogP contribution in [0.25, 0.3) is 10.9 Å². The first kappa shape index (κ1) is 10.4. The summed E-state index contributed by atoms with van der Waals surface area (Å²) < 4.78 is 2.19. The summed E-state index contributed by atoms with van der Waals surface area (Å²) in [5, 5.41) is 1.98. The molecule has 2 aromatic heterocycles. The van der Waals surface area contributed by atoms with E-state index in [-0.39, 0.29) is 0 Å². The molecule has 0 fully saturated rings. The van der Waals surface area contributed by atoms with Crippen LogP contribution in [0.3, 0.4) is 0 Å². The first-order chi connectivity index (χ1) is 8.33. The van der Waals surface area contributed by atoms with E-state index >= 15 is 0 Å². The van der Waals surface area contributed by atoms with Gasteiger partial charge in [-0.3, -0.25) is 4.98 Å².